The summed E-state index contributed by atoms with van der Waals surface area (Å²) in [4.78, 5) is 12.0. The monoisotopic (exact) mass is 208 g/mol. The fraction of sp³-hybridized carbons (Fsp3) is 0.636. The van der Waals surface area contributed by atoms with Crippen molar-refractivity contribution < 1.29 is 9.53 Å². The van der Waals surface area contributed by atoms with Gasteiger partial charge >= 0.3 is 0 Å². The van der Waals surface area contributed by atoms with Crippen LogP contribution < -0.4 is 0 Å². The van der Waals surface area contributed by atoms with Crippen molar-refractivity contribution in [1.29, 1.82) is 0 Å². The zero-order chi connectivity index (χ0) is 10.8. The molecule has 1 aliphatic carbocycles. The quantitative estimate of drug-likeness (QED) is 0.689. The molecule has 0 saturated heterocycles. The Balaban J connectivity index is 2.11. The van der Waals surface area contributed by atoms with Crippen molar-refractivity contribution >= 4 is 5.78 Å². The van der Waals surface area contributed by atoms with E-state index in [1.807, 2.05) is 6.92 Å². The highest BCUT2D eigenvalue weighted by atomic mass is 16.5. The molecule has 1 heterocycles. The van der Waals surface area contributed by atoms with Crippen LogP contribution in [0.3, 0.4) is 0 Å². The van der Waals surface area contributed by atoms with E-state index in [2.05, 4.69) is 5.10 Å². The van der Waals surface area contributed by atoms with Crippen molar-refractivity contribution in [2.45, 2.75) is 32.4 Å². The molecule has 1 aliphatic rings. The number of hydrogen-bond donors (Lipinski definition) is 0. The van der Waals surface area contributed by atoms with Crippen LogP contribution in [0.2, 0.25) is 0 Å². The highest BCUT2D eigenvalue weighted by Crippen LogP contribution is 2.35. The zero-order valence-electron chi connectivity index (χ0n) is 9.14. The molecule has 0 spiro atoms. The molecular formula is C11H16N2O2. The molecule has 0 aliphatic heterocycles. The van der Waals surface area contributed by atoms with Crippen LogP contribution in [0.25, 0.3) is 0 Å². The smallest absolute Gasteiger partial charge is 0.194 e. The van der Waals surface area contributed by atoms with Gasteiger partial charge in [-0.3, -0.25) is 9.48 Å². The summed E-state index contributed by atoms with van der Waals surface area (Å²) in [6.07, 6.45) is 5.36. The molecule has 0 bridgehead atoms. The second kappa shape index (κ2) is 4.14. The van der Waals surface area contributed by atoms with Crippen LogP contribution in [0.1, 0.15) is 30.1 Å². The number of ketones is 1. The van der Waals surface area contributed by atoms with Gasteiger partial charge in [0.05, 0.1) is 11.8 Å². The maximum atomic E-state index is 12.0. The van der Waals surface area contributed by atoms with Crippen LogP contribution in [0, 0.1) is 5.92 Å². The molecule has 82 valence electrons. The van der Waals surface area contributed by atoms with Crippen LogP contribution in [0.5, 0.6) is 0 Å². The third-order valence-corrected chi connectivity index (χ3v) is 2.80. The summed E-state index contributed by atoms with van der Waals surface area (Å²) in [5, 5.41) is 4.09. The fourth-order valence-electron chi connectivity index (χ4n) is 1.74. The minimum Gasteiger partial charge on any atom is -0.373 e. The maximum absolute atomic E-state index is 12.0. The highest BCUT2D eigenvalue weighted by molar-refractivity contribution is 5.99. The largest absolute Gasteiger partial charge is 0.373 e. The fourth-order valence-corrected chi connectivity index (χ4v) is 1.74. The molecule has 0 aromatic carbocycles. The number of nitrogens with zero attached hydrogens (tertiary/aromatic N) is 2. The van der Waals surface area contributed by atoms with Crippen molar-refractivity contribution in [1.82, 2.24) is 9.78 Å². The van der Waals surface area contributed by atoms with Crippen LogP contribution in [0.4, 0.5) is 0 Å². The van der Waals surface area contributed by atoms with Crippen molar-refractivity contribution in [3.63, 3.8) is 0 Å². The number of ether oxygens (including phenoxy) is 1. The van der Waals surface area contributed by atoms with Crippen LogP contribution in [-0.2, 0) is 11.3 Å². The van der Waals surface area contributed by atoms with E-state index in [1.165, 1.54) is 0 Å². The number of methoxy groups -OCH3 is 1. The van der Waals surface area contributed by atoms with E-state index in [1.54, 1.807) is 24.2 Å². The Labute approximate surface area is 89.2 Å². The second-order valence-corrected chi connectivity index (χ2v) is 3.94. The van der Waals surface area contributed by atoms with Gasteiger partial charge in [-0.15, -0.1) is 0 Å². The SMILES string of the molecule is CCn1cc(C(=O)C(OC)C2CC2)cn1. The van der Waals surface area contributed by atoms with Gasteiger partial charge in [-0.2, -0.15) is 5.10 Å². The number of carbonyl (C=O) groups is 1. The van der Waals surface area contributed by atoms with Gasteiger partial charge in [0.25, 0.3) is 0 Å². The summed E-state index contributed by atoms with van der Waals surface area (Å²) in [6.45, 7) is 2.78. The molecule has 4 nitrogen and oxygen atoms in total. The van der Waals surface area contributed by atoms with Crippen molar-refractivity contribution in [3.8, 4) is 0 Å². The standard InChI is InChI=1S/C11H16N2O2/c1-3-13-7-9(6-12-13)10(14)11(15-2)8-4-5-8/h6-8,11H,3-5H2,1-2H3. The van der Waals surface area contributed by atoms with Gasteiger partial charge in [-0.25, -0.2) is 0 Å². The number of rotatable bonds is 5. The van der Waals surface area contributed by atoms with Gasteiger partial charge in [-0.05, 0) is 25.7 Å². The first-order valence-corrected chi connectivity index (χ1v) is 5.35. The number of aryl methyl sites for hydroxylation is 1. The van der Waals surface area contributed by atoms with Gasteiger partial charge in [0.2, 0.25) is 0 Å². The zero-order valence-corrected chi connectivity index (χ0v) is 9.14. The molecular weight excluding hydrogens is 192 g/mol. The Hall–Kier alpha value is -1.16. The molecule has 0 radical (unpaired) electrons. The first-order chi connectivity index (χ1) is 7.26. The van der Waals surface area contributed by atoms with Crippen LogP contribution >= 0.6 is 0 Å². The molecule has 4 heteroatoms. The van der Waals surface area contributed by atoms with E-state index in [0.717, 1.165) is 19.4 Å². The predicted molar refractivity (Wildman–Crippen MR) is 55.8 cm³/mol. The van der Waals surface area contributed by atoms with E-state index >= 15 is 0 Å². The van der Waals surface area contributed by atoms with Gasteiger partial charge in [0.1, 0.15) is 6.10 Å². The molecule has 0 amide bonds. The number of carbonyl (C=O) groups excluding carboxylic acids is 1. The van der Waals surface area contributed by atoms with Gasteiger partial charge in [-0.1, -0.05) is 0 Å². The van der Waals surface area contributed by atoms with Gasteiger partial charge < -0.3 is 4.74 Å². The van der Waals surface area contributed by atoms with Gasteiger partial charge in [0.15, 0.2) is 5.78 Å². The summed E-state index contributed by atoms with van der Waals surface area (Å²) >= 11 is 0. The summed E-state index contributed by atoms with van der Waals surface area (Å²) in [5.74, 6) is 0.493. The lowest BCUT2D eigenvalue weighted by atomic mass is 10.1. The van der Waals surface area contributed by atoms with Crippen LogP contribution in [0.15, 0.2) is 12.4 Å². The molecule has 1 aromatic rings. The summed E-state index contributed by atoms with van der Waals surface area (Å²) in [5.41, 5.74) is 0.663. The van der Waals surface area contributed by atoms with E-state index in [-0.39, 0.29) is 11.9 Å². The summed E-state index contributed by atoms with van der Waals surface area (Å²) < 4.78 is 7.00. The number of aromatic nitrogens is 2. The molecule has 1 saturated carbocycles. The lowest BCUT2D eigenvalue weighted by molar-refractivity contribution is 0.0540. The van der Waals surface area contributed by atoms with E-state index < -0.39 is 0 Å². The minimum atomic E-state index is -0.264. The van der Waals surface area contributed by atoms with E-state index in [0.29, 0.717) is 11.5 Å². The van der Waals surface area contributed by atoms with Crippen molar-refractivity contribution in [2.75, 3.05) is 7.11 Å². The lowest BCUT2D eigenvalue weighted by Crippen LogP contribution is -2.24. The average molecular weight is 208 g/mol. The van der Waals surface area contributed by atoms with Crippen LogP contribution in [-0.4, -0.2) is 28.8 Å². The average Bonchev–Trinajstić information content (AvgIpc) is 2.97. The highest BCUT2D eigenvalue weighted by Gasteiger charge is 2.37. The molecule has 1 fully saturated rings. The van der Waals surface area contributed by atoms with E-state index in [4.69, 9.17) is 4.74 Å². The summed E-state index contributed by atoms with van der Waals surface area (Å²) in [6, 6.07) is 0. The topological polar surface area (TPSA) is 44.1 Å². The molecule has 0 N–H and O–H groups in total. The Kier molecular flexibility index (Phi) is 2.86. The lowest BCUT2D eigenvalue weighted by Gasteiger charge is -2.11. The Morgan fingerprint density at radius 2 is 2.47 bits per heavy atom. The maximum Gasteiger partial charge on any atom is 0.194 e. The van der Waals surface area contributed by atoms with Gasteiger partial charge in [0, 0.05) is 19.9 Å². The number of hydrogen-bond acceptors (Lipinski definition) is 3. The second-order valence-electron chi connectivity index (χ2n) is 3.94. The van der Waals surface area contributed by atoms with Crippen molar-refractivity contribution in [3.05, 3.63) is 18.0 Å². The third-order valence-electron chi connectivity index (χ3n) is 2.80. The molecule has 15 heavy (non-hydrogen) atoms. The first-order valence-electron chi connectivity index (χ1n) is 5.35. The third kappa shape index (κ3) is 2.09. The molecule has 1 atom stereocenters. The van der Waals surface area contributed by atoms with E-state index in [9.17, 15) is 4.79 Å². The first kappa shape index (κ1) is 10.4. The predicted octanol–water partition coefficient (Wildman–Crippen LogP) is 1.51. The Bertz CT molecular complexity index is 355. The minimum absolute atomic E-state index is 0.0692. The van der Waals surface area contributed by atoms with Crippen molar-refractivity contribution in [2.24, 2.45) is 5.92 Å². The number of Topliss-reactive ketones (excluding diaryl/α,β-unsaturated/α-hetero) is 1. The molecule has 1 aromatic heterocycles. The Morgan fingerprint density at radius 1 is 1.73 bits per heavy atom. The molecule has 2 rings (SSSR count). The normalized spacial score (nSPS) is 17.7. The Morgan fingerprint density at radius 3 is 2.93 bits per heavy atom. The molecule has 1 unspecified atom stereocenters. The summed E-state index contributed by atoms with van der Waals surface area (Å²) in [7, 11) is 1.60.